The van der Waals surface area contributed by atoms with Crippen LogP contribution in [0.1, 0.15) is 23.6 Å². The van der Waals surface area contributed by atoms with Gasteiger partial charge in [0, 0.05) is 6.04 Å². The summed E-state index contributed by atoms with van der Waals surface area (Å²) < 4.78 is 51.3. The first-order chi connectivity index (χ1) is 7.90. The maximum Gasteiger partial charge on any atom is 0.416 e. The molecule has 0 amide bonds. The van der Waals surface area contributed by atoms with E-state index in [1.165, 1.54) is 13.1 Å². The summed E-state index contributed by atoms with van der Waals surface area (Å²) in [5.74, 6) is -0.683. The minimum atomic E-state index is -4.49. The van der Waals surface area contributed by atoms with Crippen LogP contribution < -0.4 is 5.32 Å². The number of benzene rings is 1. The lowest BCUT2D eigenvalue weighted by molar-refractivity contribution is -0.138. The van der Waals surface area contributed by atoms with Crippen LogP contribution in [0, 0.1) is 5.82 Å². The van der Waals surface area contributed by atoms with E-state index >= 15 is 0 Å². The standard InChI is InChI=1S/C12H13F4N/c1-3-4-11(17-2)9-7-8(13)5-6-10(9)12(14,15)16/h3,5-7,11,17H,1,4H2,2H3. The van der Waals surface area contributed by atoms with Crippen molar-refractivity contribution in [2.75, 3.05) is 7.05 Å². The second kappa shape index (κ2) is 5.31. The number of nitrogens with one attached hydrogen (secondary N) is 1. The number of alkyl halides is 3. The van der Waals surface area contributed by atoms with Gasteiger partial charge in [0.05, 0.1) is 5.56 Å². The SMILES string of the molecule is C=CCC(NC)c1cc(F)ccc1C(F)(F)F. The van der Waals surface area contributed by atoms with E-state index in [4.69, 9.17) is 0 Å². The van der Waals surface area contributed by atoms with Crippen LogP contribution in [-0.4, -0.2) is 7.05 Å². The minimum absolute atomic E-state index is 0.0973. The molecule has 0 aliphatic heterocycles. The van der Waals surface area contributed by atoms with Crippen molar-refractivity contribution in [3.8, 4) is 0 Å². The lowest BCUT2D eigenvalue weighted by Gasteiger charge is -2.20. The molecule has 0 spiro atoms. The van der Waals surface area contributed by atoms with Gasteiger partial charge >= 0.3 is 6.18 Å². The summed E-state index contributed by atoms with van der Waals surface area (Å²) in [5.41, 5.74) is -0.917. The van der Waals surface area contributed by atoms with Crippen LogP contribution in [0.15, 0.2) is 30.9 Å². The van der Waals surface area contributed by atoms with Gasteiger partial charge in [-0.05, 0) is 37.2 Å². The Labute approximate surface area is 97.1 Å². The van der Waals surface area contributed by atoms with Crippen LogP contribution >= 0.6 is 0 Å². The first-order valence-electron chi connectivity index (χ1n) is 5.05. The highest BCUT2D eigenvalue weighted by Crippen LogP contribution is 2.35. The molecule has 17 heavy (non-hydrogen) atoms. The van der Waals surface area contributed by atoms with E-state index < -0.39 is 23.6 Å². The topological polar surface area (TPSA) is 12.0 Å². The predicted molar refractivity (Wildman–Crippen MR) is 58.0 cm³/mol. The highest BCUT2D eigenvalue weighted by molar-refractivity contribution is 5.33. The van der Waals surface area contributed by atoms with Crippen molar-refractivity contribution < 1.29 is 17.6 Å². The zero-order chi connectivity index (χ0) is 13.1. The fourth-order valence-electron chi connectivity index (χ4n) is 1.65. The summed E-state index contributed by atoms with van der Waals surface area (Å²) in [7, 11) is 1.53. The van der Waals surface area contributed by atoms with Crippen LogP contribution in [0.5, 0.6) is 0 Å². The fraction of sp³-hybridized carbons (Fsp3) is 0.333. The van der Waals surface area contributed by atoms with Crippen molar-refractivity contribution in [1.29, 1.82) is 0 Å². The van der Waals surface area contributed by atoms with Crippen molar-refractivity contribution >= 4 is 0 Å². The van der Waals surface area contributed by atoms with Crippen molar-refractivity contribution in [3.05, 3.63) is 47.8 Å². The van der Waals surface area contributed by atoms with Crippen molar-refractivity contribution in [2.24, 2.45) is 0 Å². The molecule has 0 aromatic heterocycles. The van der Waals surface area contributed by atoms with E-state index in [-0.39, 0.29) is 5.56 Å². The van der Waals surface area contributed by atoms with Gasteiger partial charge in [-0.25, -0.2) is 4.39 Å². The molecule has 0 saturated heterocycles. The summed E-state index contributed by atoms with van der Waals surface area (Å²) in [4.78, 5) is 0. The number of hydrogen-bond donors (Lipinski definition) is 1. The van der Waals surface area contributed by atoms with E-state index in [1.54, 1.807) is 0 Å². The average molecular weight is 247 g/mol. The van der Waals surface area contributed by atoms with Gasteiger partial charge in [0.15, 0.2) is 0 Å². The molecule has 1 atom stereocenters. The van der Waals surface area contributed by atoms with E-state index in [0.29, 0.717) is 6.42 Å². The third-order valence-corrected chi connectivity index (χ3v) is 2.45. The molecule has 1 aromatic rings. The Kier molecular flexibility index (Phi) is 4.28. The molecule has 0 saturated carbocycles. The summed E-state index contributed by atoms with van der Waals surface area (Å²) >= 11 is 0. The van der Waals surface area contributed by atoms with Crippen molar-refractivity contribution in [3.63, 3.8) is 0 Å². The molecule has 0 radical (unpaired) electrons. The molecule has 1 nitrogen and oxygen atoms in total. The number of hydrogen-bond acceptors (Lipinski definition) is 1. The molecule has 5 heteroatoms. The maximum atomic E-state index is 13.1. The van der Waals surface area contributed by atoms with Crippen LogP contribution in [0.25, 0.3) is 0 Å². The largest absolute Gasteiger partial charge is 0.416 e. The highest BCUT2D eigenvalue weighted by Gasteiger charge is 2.34. The maximum absolute atomic E-state index is 13.1. The summed E-state index contributed by atoms with van der Waals surface area (Å²) in [5, 5.41) is 2.72. The van der Waals surface area contributed by atoms with Gasteiger partial charge in [-0.2, -0.15) is 13.2 Å². The molecule has 0 bridgehead atoms. The Balaban J connectivity index is 3.27. The zero-order valence-electron chi connectivity index (χ0n) is 9.31. The van der Waals surface area contributed by atoms with Crippen molar-refractivity contribution in [1.82, 2.24) is 5.32 Å². The number of rotatable bonds is 4. The van der Waals surface area contributed by atoms with Gasteiger partial charge in [-0.3, -0.25) is 0 Å². The summed E-state index contributed by atoms with van der Waals surface area (Å²) in [6, 6.07) is 1.89. The Morgan fingerprint density at radius 3 is 2.53 bits per heavy atom. The van der Waals surface area contributed by atoms with Gasteiger partial charge in [-0.1, -0.05) is 6.08 Å². The van der Waals surface area contributed by atoms with Crippen LogP contribution in [-0.2, 0) is 6.18 Å². The van der Waals surface area contributed by atoms with Crippen molar-refractivity contribution in [2.45, 2.75) is 18.6 Å². The first kappa shape index (κ1) is 13.7. The van der Waals surface area contributed by atoms with E-state index in [9.17, 15) is 17.6 Å². The zero-order valence-corrected chi connectivity index (χ0v) is 9.31. The van der Waals surface area contributed by atoms with Gasteiger partial charge in [0.1, 0.15) is 5.82 Å². The monoisotopic (exact) mass is 247 g/mol. The Hall–Kier alpha value is -1.36. The van der Waals surface area contributed by atoms with E-state index in [0.717, 1.165) is 18.2 Å². The summed E-state index contributed by atoms with van der Waals surface area (Å²) in [6.07, 6.45) is -2.70. The molecule has 0 fully saturated rings. The molecule has 1 N–H and O–H groups in total. The molecule has 0 heterocycles. The smallest absolute Gasteiger partial charge is 0.313 e. The third kappa shape index (κ3) is 3.30. The third-order valence-electron chi connectivity index (χ3n) is 2.45. The normalized spacial score (nSPS) is 13.5. The Bertz CT molecular complexity index is 398. The molecule has 0 aliphatic rings. The molecular formula is C12H13F4N. The molecular weight excluding hydrogens is 234 g/mol. The summed E-state index contributed by atoms with van der Waals surface area (Å²) in [6.45, 7) is 3.47. The second-order valence-corrected chi connectivity index (χ2v) is 3.59. The Morgan fingerprint density at radius 1 is 1.41 bits per heavy atom. The predicted octanol–water partition coefficient (Wildman–Crippen LogP) is 3.68. The lowest BCUT2D eigenvalue weighted by Crippen LogP contribution is -2.20. The van der Waals surface area contributed by atoms with E-state index in [1.807, 2.05) is 0 Å². The van der Waals surface area contributed by atoms with E-state index in [2.05, 4.69) is 11.9 Å². The second-order valence-electron chi connectivity index (χ2n) is 3.59. The quantitative estimate of drug-likeness (QED) is 0.632. The highest BCUT2D eigenvalue weighted by atomic mass is 19.4. The lowest BCUT2D eigenvalue weighted by atomic mass is 9.97. The van der Waals surface area contributed by atoms with Gasteiger partial charge in [0.2, 0.25) is 0 Å². The number of halogens is 4. The molecule has 1 aromatic carbocycles. The minimum Gasteiger partial charge on any atom is -0.313 e. The van der Waals surface area contributed by atoms with Gasteiger partial charge in [0.25, 0.3) is 0 Å². The van der Waals surface area contributed by atoms with Crippen LogP contribution in [0.3, 0.4) is 0 Å². The molecule has 94 valence electrons. The first-order valence-corrected chi connectivity index (χ1v) is 5.05. The molecule has 1 rings (SSSR count). The van der Waals surface area contributed by atoms with Crippen LogP contribution in [0.2, 0.25) is 0 Å². The fourth-order valence-corrected chi connectivity index (χ4v) is 1.65. The molecule has 1 unspecified atom stereocenters. The van der Waals surface area contributed by atoms with Gasteiger partial charge in [-0.15, -0.1) is 6.58 Å². The average Bonchev–Trinajstić information content (AvgIpc) is 2.24. The Morgan fingerprint density at radius 2 is 2.06 bits per heavy atom. The van der Waals surface area contributed by atoms with Gasteiger partial charge < -0.3 is 5.32 Å². The van der Waals surface area contributed by atoms with Crippen LogP contribution in [0.4, 0.5) is 17.6 Å². The molecule has 0 aliphatic carbocycles.